The molecule has 30 heavy (non-hydrogen) atoms. The van der Waals surface area contributed by atoms with Crippen molar-refractivity contribution in [2.24, 2.45) is 0 Å². The minimum atomic E-state index is -3.13. The van der Waals surface area contributed by atoms with Crippen LogP contribution in [-0.4, -0.2) is 48.7 Å². The van der Waals surface area contributed by atoms with E-state index in [1.807, 2.05) is 0 Å². The van der Waals surface area contributed by atoms with Crippen LogP contribution in [0.15, 0.2) is 18.2 Å². The van der Waals surface area contributed by atoms with E-state index in [1.54, 1.807) is 4.90 Å². The molecule has 1 aliphatic heterocycles. The summed E-state index contributed by atoms with van der Waals surface area (Å²) in [5.74, 6) is -1.57. The van der Waals surface area contributed by atoms with Gasteiger partial charge in [0.2, 0.25) is 0 Å². The number of rotatable bonds is 5. The molecule has 0 radical (unpaired) electrons. The molecule has 10 heteroatoms. The molecule has 0 spiro atoms. The number of halogens is 3. The molecule has 2 fully saturated rings. The van der Waals surface area contributed by atoms with Crippen LogP contribution in [0.1, 0.15) is 44.9 Å². The Morgan fingerprint density at radius 1 is 1.00 bits per heavy atom. The summed E-state index contributed by atoms with van der Waals surface area (Å²) in [7, 11) is 0. The predicted octanol–water partition coefficient (Wildman–Crippen LogP) is 4.06. The van der Waals surface area contributed by atoms with Crippen molar-refractivity contribution in [3.8, 4) is 5.75 Å². The van der Waals surface area contributed by atoms with Crippen molar-refractivity contribution < 1.29 is 27.5 Å². The van der Waals surface area contributed by atoms with Gasteiger partial charge in [-0.2, -0.15) is 8.78 Å². The molecule has 0 unspecified atom stereocenters. The molecule has 1 saturated heterocycles. The van der Waals surface area contributed by atoms with Crippen LogP contribution < -0.4 is 20.7 Å². The van der Waals surface area contributed by atoms with E-state index < -0.39 is 24.2 Å². The maximum absolute atomic E-state index is 13.8. The van der Waals surface area contributed by atoms with Gasteiger partial charge in [0.1, 0.15) is 0 Å². The summed E-state index contributed by atoms with van der Waals surface area (Å²) in [5.41, 5.74) is 0.145. The van der Waals surface area contributed by atoms with Gasteiger partial charge in [-0.1, -0.05) is 19.3 Å². The summed E-state index contributed by atoms with van der Waals surface area (Å²) in [6, 6.07) is 2.91. The van der Waals surface area contributed by atoms with Gasteiger partial charge in [-0.3, -0.25) is 0 Å². The van der Waals surface area contributed by atoms with Crippen LogP contribution in [0.5, 0.6) is 5.75 Å². The topological polar surface area (TPSA) is 82.7 Å². The van der Waals surface area contributed by atoms with E-state index in [0.29, 0.717) is 25.9 Å². The highest BCUT2D eigenvalue weighted by Gasteiger charge is 2.25. The van der Waals surface area contributed by atoms with E-state index in [2.05, 4.69) is 20.7 Å². The van der Waals surface area contributed by atoms with Gasteiger partial charge < -0.3 is 25.6 Å². The molecule has 2 aliphatic rings. The van der Waals surface area contributed by atoms with Crippen molar-refractivity contribution in [1.82, 2.24) is 15.5 Å². The zero-order chi connectivity index (χ0) is 21.5. The van der Waals surface area contributed by atoms with Crippen LogP contribution in [0, 0.1) is 5.82 Å². The zero-order valence-electron chi connectivity index (χ0n) is 16.6. The second-order valence-corrected chi connectivity index (χ2v) is 7.67. The minimum absolute atomic E-state index is 0.0131. The first-order valence-electron chi connectivity index (χ1n) is 10.3. The monoisotopic (exact) mass is 428 g/mol. The summed E-state index contributed by atoms with van der Waals surface area (Å²) >= 11 is 0. The molecule has 1 saturated carbocycles. The largest absolute Gasteiger partial charge is 0.432 e. The minimum Gasteiger partial charge on any atom is -0.432 e. The standard InChI is InChI=1S/C20H27F3N4O3/c21-16-12-15(6-7-17(16)30-18(22)23)26-20(29)27-10-8-14(9-11-27)25-19(28)24-13-4-2-1-3-5-13/h6-7,12-14,18H,1-5,8-11H2,(H,26,29)(H2,24,25,28). The van der Waals surface area contributed by atoms with Crippen LogP contribution in [0.2, 0.25) is 0 Å². The van der Waals surface area contributed by atoms with Crippen molar-refractivity contribution in [2.75, 3.05) is 18.4 Å². The third-order valence-electron chi connectivity index (χ3n) is 5.46. The van der Waals surface area contributed by atoms with E-state index in [1.165, 1.54) is 12.5 Å². The van der Waals surface area contributed by atoms with Gasteiger partial charge in [-0.05, 0) is 37.8 Å². The lowest BCUT2D eigenvalue weighted by Gasteiger charge is -2.33. The van der Waals surface area contributed by atoms with Crippen molar-refractivity contribution in [3.63, 3.8) is 0 Å². The molecule has 3 rings (SSSR count). The summed E-state index contributed by atoms with van der Waals surface area (Å²) < 4.78 is 42.2. The summed E-state index contributed by atoms with van der Waals surface area (Å²) in [4.78, 5) is 26.1. The fourth-order valence-corrected chi connectivity index (χ4v) is 3.86. The number of piperidine rings is 1. The number of carbonyl (C=O) groups excluding carboxylic acids is 2. The second kappa shape index (κ2) is 10.4. The van der Waals surface area contributed by atoms with Crippen molar-refractivity contribution in [1.29, 1.82) is 0 Å². The lowest BCUT2D eigenvalue weighted by molar-refractivity contribution is -0.0521. The van der Waals surface area contributed by atoms with Gasteiger partial charge in [0, 0.05) is 36.9 Å². The number of amides is 4. The Labute approximate surface area is 173 Å². The van der Waals surface area contributed by atoms with Crippen LogP contribution in [0.3, 0.4) is 0 Å². The Balaban J connectivity index is 1.41. The first-order valence-corrected chi connectivity index (χ1v) is 10.3. The SMILES string of the molecule is O=C(NC1CCCCC1)NC1CCN(C(=O)Nc2ccc(OC(F)F)c(F)c2)CC1. The van der Waals surface area contributed by atoms with Crippen molar-refractivity contribution in [3.05, 3.63) is 24.0 Å². The van der Waals surface area contributed by atoms with E-state index in [0.717, 1.165) is 37.8 Å². The number of likely N-dealkylation sites (tertiary alicyclic amines) is 1. The summed E-state index contributed by atoms with van der Waals surface area (Å²) in [5, 5.41) is 8.54. The third-order valence-corrected chi connectivity index (χ3v) is 5.46. The third kappa shape index (κ3) is 6.43. The number of nitrogens with one attached hydrogen (secondary N) is 3. The Hall–Kier alpha value is -2.65. The van der Waals surface area contributed by atoms with Gasteiger partial charge in [0.15, 0.2) is 11.6 Å². The molecule has 166 valence electrons. The molecular weight excluding hydrogens is 401 g/mol. The Kier molecular flexibility index (Phi) is 7.64. The second-order valence-electron chi connectivity index (χ2n) is 7.67. The average molecular weight is 428 g/mol. The maximum atomic E-state index is 13.8. The highest BCUT2D eigenvalue weighted by Crippen LogP contribution is 2.23. The van der Waals surface area contributed by atoms with Crippen LogP contribution in [0.4, 0.5) is 28.4 Å². The number of urea groups is 2. The fourth-order valence-electron chi connectivity index (χ4n) is 3.86. The molecule has 3 N–H and O–H groups in total. The lowest BCUT2D eigenvalue weighted by atomic mass is 9.96. The lowest BCUT2D eigenvalue weighted by Crippen LogP contribution is -2.51. The summed E-state index contributed by atoms with van der Waals surface area (Å²) in [6.07, 6.45) is 6.76. The van der Waals surface area contributed by atoms with Crippen LogP contribution in [-0.2, 0) is 0 Å². The molecular formula is C20H27F3N4O3. The number of hydrogen-bond donors (Lipinski definition) is 3. The van der Waals surface area contributed by atoms with E-state index in [4.69, 9.17) is 0 Å². The molecule has 4 amide bonds. The van der Waals surface area contributed by atoms with E-state index in [-0.39, 0.29) is 23.8 Å². The zero-order valence-corrected chi connectivity index (χ0v) is 16.6. The van der Waals surface area contributed by atoms with Gasteiger partial charge in [-0.15, -0.1) is 0 Å². The fraction of sp³-hybridized carbons (Fsp3) is 0.600. The molecule has 1 heterocycles. The normalized spacial score (nSPS) is 18.2. The number of ether oxygens (including phenoxy) is 1. The number of anilines is 1. The quantitative estimate of drug-likeness (QED) is 0.662. The van der Waals surface area contributed by atoms with Gasteiger partial charge in [0.05, 0.1) is 0 Å². The maximum Gasteiger partial charge on any atom is 0.387 e. The first-order chi connectivity index (χ1) is 14.4. The molecule has 1 aromatic carbocycles. The number of benzene rings is 1. The van der Waals surface area contributed by atoms with E-state index in [9.17, 15) is 22.8 Å². The van der Waals surface area contributed by atoms with Crippen molar-refractivity contribution in [2.45, 2.75) is 63.6 Å². The Bertz CT molecular complexity index is 736. The molecule has 0 atom stereocenters. The summed E-state index contributed by atoms with van der Waals surface area (Å²) in [6.45, 7) is -2.25. The van der Waals surface area contributed by atoms with Crippen LogP contribution >= 0.6 is 0 Å². The number of alkyl halides is 2. The van der Waals surface area contributed by atoms with Crippen molar-refractivity contribution >= 4 is 17.7 Å². The molecule has 1 aromatic rings. The number of carbonyl (C=O) groups is 2. The highest BCUT2D eigenvalue weighted by molar-refractivity contribution is 5.89. The molecule has 0 aromatic heterocycles. The molecule has 0 bridgehead atoms. The predicted molar refractivity (Wildman–Crippen MR) is 105 cm³/mol. The Morgan fingerprint density at radius 2 is 1.63 bits per heavy atom. The smallest absolute Gasteiger partial charge is 0.387 e. The van der Waals surface area contributed by atoms with Crippen LogP contribution in [0.25, 0.3) is 0 Å². The van der Waals surface area contributed by atoms with Gasteiger partial charge in [-0.25, -0.2) is 14.0 Å². The van der Waals surface area contributed by atoms with E-state index >= 15 is 0 Å². The average Bonchev–Trinajstić information content (AvgIpc) is 2.71. The first kappa shape index (κ1) is 22.0. The molecule has 7 nitrogen and oxygen atoms in total. The Morgan fingerprint density at radius 3 is 2.23 bits per heavy atom. The van der Waals surface area contributed by atoms with Gasteiger partial charge >= 0.3 is 18.7 Å². The molecule has 1 aliphatic carbocycles. The number of hydrogen-bond acceptors (Lipinski definition) is 3. The highest BCUT2D eigenvalue weighted by atomic mass is 19.3. The number of nitrogens with zero attached hydrogens (tertiary/aromatic N) is 1. The van der Waals surface area contributed by atoms with Gasteiger partial charge in [0.25, 0.3) is 0 Å².